The molecule has 0 aliphatic heterocycles. The number of nitriles is 1. The predicted octanol–water partition coefficient (Wildman–Crippen LogP) is 2.84. The zero-order valence-corrected chi connectivity index (χ0v) is 12.2. The molecule has 0 aromatic heterocycles. The molecule has 1 rings (SSSR count). The van der Waals surface area contributed by atoms with Gasteiger partial charge in [0.1, 0.15) is 11.6 Å². The lowest BCUT2D eigenvalue weighted by Crippen LogP contribution is -2.28. The number of para-hydroxylation sites is 1. The van der Waals surface area contributed by atoms with Gasteiger partial charge in [0.2, 0.25) is 0 Å². The van der Waals surface area contributed by atoms with Gasteiger partial charge in [0.05, 0.1) is 0 Å². The number of hydrogen-bond donors (Lipinski definition) is 2. The average molecular weight is 271 g/mol. The van der Waals surface area contributed by atoms with E-state index in [-0.39, 0.29) is 11.5 Å². The maximum atomic E-state index is 11.8. The van der Waals surface area contributed by atoms with Crippen LogP contribution in [0.3, 0.4) is 0 Å². The summed E-state index contributed by atoms with van der Waals surface area (Å²) in [5.41, 5.74) is 2.14. The van der Waals surface area contributed by atoms with Gasteiger partial charge in [-0.2, -0.15) is 5.26 Å². The van der Waals surface area contributed by atoms with Crippen molar-refractivity contribution in [1.82, 2.24) is 5.32 Å². The summed E-state index contributed by atoms with van der Waals surface area (Å²) in [4.78, 5) is 11.8. The van der Waals surface area contributed by atoms with Gasteiger partial charge in [0, 0.05) is 18.4 Å². The van der Waals surface area contributed by atoms with Gasteiger partial charge in [-0.1, -0.05) is 39.0 Å². The molecule has 0 bridgehead atoms. The molecular weight excluding hydrogens is 250 g/mol. The summed E-state index contributed by atoms with van der Waals surface area (Å²) in [6.07, 6.45) is 2.35. The molecule has 4 nitrogen and oxygen atoms in total. The number of nitrogens with zero attached hydrogens (tertiary/aromatic N) is 1. The van der Waals surface area contributed by atoms with Crippen molar-refractivity contribution < 1.29 is 4.79 Å². The van der Waals surface area contributed by atoms with Crippen LogP contribution in [0, 0.1) is 17.2 Å². The maximum Gasteiger partial charge on any atom is 0.263 e. The van der Waals surface area contributed by atoms with Crippen LogP contribution < -0.4 is 10.6 Å². The number of amides is 1. The molecule has 1 aromatic rings. The summed E-state index contributed by atoms with van der Waals surface area (Å²) >= 11 is 0. The average Bonchev–Trinajstić information content (AvgIpc) is 2.46. The van der Waals surface area contributed by atoms with Gasteiger partial charge in [-0.15, -0.1) is 0 Å². The zero-order valence-electron chi connectivity index (χ0n) is 12.2. The third-order valence-electron chi connectivity index (χ3n) is 2.81. The molecule has 0 saturated carbocycles. The van der Waals surface area contributed by atoms with E-state index in [4.69, 9.17) is 5.26 Å². The molecule has 0 radical (unpaired) electrons. The molecule has 20 heavy (non-hydrogen) atoms. The van der Waals surface area contributed by atoms with Crippen LogP contribution >= 0.6 is 0 Å². The number of hydrogen-bond acceptors (Lipinski definition) is 3. The normalized spacial score (nSPS) is 11.1. The van der Waals surface area contributed by atoms with Crippen molar-refractivity contribution in [2.45, 2.75) is 27.2 Å². The minimum Gasteiger partial charge on any atom is -0.360 e. The fourth-order valence-electron chi connectivity index (χ4n) is 1.66. The van der Waals surface area contributed by atoms with Crippen LogP contribution in [0.15, 0.2) is 36.0 Å². The molecule has 0 atom stereocenters. The highest BCUT2D eigenvalue weighted by Gasteiger charge is 2.09. The Morgan fingerprint density at radius 2 is 2.10 bits per heavy atom. The highest BCUT2D eigenvalue weighted by Crippen LogP contribution is 2.15. The van der Waals surface area contributed by atoms with E-state index >= 15 is 0 Å². The minimum atomic E-state index is -0.345. The molecule has 1 amide bonds. The molecule has 0 aliphatic rings. The Bertz CT molecular complexity index is 527. The Balaban J connectivity index is 2.75. The zero-order chi connectivity index (χ0) is 15.0. The first-order valence-electron chi connectivity index (χ1n) is 6.81. The van der Waals surface area contributed by atoms with Crippen LogP contribution in [0.25, 0.3) is 0 Å². The molecule has 1 aromatic carbocycles. The Labute approximate surface area is 120 Å². The quantitative estimate of drug-likeness (QED) is 0.617. The molecule has 4 heteroatoms. The molecule has 0 spiro atoms. The summed E-state index contributed by atoms with van der Waals surface area (Å²) in [6, 6.07) is 9.75. The van der Waals surface area contributed by atoms with Crippen LogP contribution in [0.4, 0.5) is 5.69 Å². The van der Waals surface area contributed by atoms with Crippen molar-refractivity contribution in [3.05, 3.63) is 41.6 Å². The smallest absolute Gasteiger partial charge is 0.263 e. The molecule has 0 heterocycles. The Kier molecular flexibility index (Phi) is 6.31. The largest absolute Gasteiger partial charge is 0.360 e. The molecule has 106 valence electrons. The van der Waals surface area contributed by atoms with Crippen molar-refractivity contribution in [2.75, 3.05) is 11.9 Å². The lowest BCUT2D eigenvalue weighted by Gasteiger charge is -2.09. The topological polar surface area (TPSA) is 64.9 Å². The Morgan fingerprint density at radius 3 is 2.70 bits per heavy atom. The number of nitrogens with one attached hydrogen (secondary N) is 2. The maximum absolute atomic E-state index is 11.8. The molecule has 0 fully saturated rings. The van der Waals surface area contributed by atoms with E-state index < -0.39 is 0 Å². The third-order valence-corrected chi connectivity index (χ3v) is 2.81. The second kappa shape index (κ2) is 8.00. The SMILES string of the molecule is CCc1ccccc1N/C=C(/C#N)C(=O)NCC(C)C. The van der Waals surface area contributed by atoms with Crippen LogP contribution in [-0.2, 0) is 11.2 Å². The van der Waals surface area contributed by atoms with Crippen LogP contribution in [0.5, 0.6) is 0 Å². The number of rotatable bonds is 6. The summed E-state index contributed by atoms with van der Waals surface area (Å²) < 4.78 is 0. The first kappa shape index (κ1) is 15.8. The lowest BCUT2D eigenvalue weighted by atomic mass is 10.1. The summed E-state index contributed by atoms with van der Waals surface area (Å²) in [6.45, 7) is 6.63. The van der Waals surface area contributed by atoms with E-state index in [0.717, 1.165) is 17.7 Å². The monoisotopic (exact) mass is 271 g/mol. The van der Waals surface area contributed by atoms with E-state index in [9.17, 15) is 4.79 Å². The fourth-order valence-corrected chi connectivity index (χ4v) is 1.66. The van der Waals surface area contributed by atoms with E-state index in [1.54, 1.807) is 0 Å². The highest BCUT2D eigenvalue weighted by molar-refractivity contribution is 5.97. The fraction of sp³-hybridized carbons (Fsp3) is 0.375. The Hall–Kier alpha value is -2.28. The van der Waals surface area contributed by atoms with Crippen LogP contribution in [0.2, 0.25) is 0 Å². The first-order valence-corrected chi connectivity index (χ1v) is 6.81. The van der Waals surface area contributed by atoms with Crippen molar-refractivity contribution in [3.8, 4) is 6.07 Å². The number of carbonyl (C=O) groups excluding carboxylic acids is 1. The number of anilines is 1. The summed E-state index contributed by atoms with van der Waals surface area (Å²) in [5, 5.41) is 14.8. The van der Waals surface area contributed by atoms with Gasteiger partial charge in [-0.05, 0) is 24.0 Å². The van der Waals surface area contributed by atoms with Crippen molar-refractivity contribution in [2.24, 2.45) is 5.92 Å². The van der Waals surface area contributed by atoms with Crippen LogP contribution in [-0.4, -0.2) is 12.5 Å². The van der Waals surface area contributed by atoms with Gasteiger partial charge in [0.15, 0.2) is 0 Å². The van der Waals surface area contributed by atoms with Gasteiger partial charge in [0.25, 0.3) is 5.91 Å². The van der Waals surface area contributed by atoms with Crippen LogP contribution in [0.1, 0.15) is 26.3 Å². The first-order chi connectivity index (χ1) is 9.58. The van der Waals surface area contributed by atoms with Gasteiger partial charge >= 0.3 is 0 Å². The molecule has 0 saturated heterocycles. The lowest BCUT2D eigenvalue weighted by molar-refractivity contribution is -0.117. The van der Waals surface area contributed by atoms with Gasteiger partial charge in [-0.25, -0.2) is 0 Å². The standard InChI is InChI=1S/C16H21N3O/c1-4-13-7-5-6-8-15(13)18-11-14(9-17)16(20)19-10-12(2)3/h5-8,11-12,18H,4,10H2,1-3H3,(H,19,20)/b14-11-. The summed E-state index contributed by atoms with van der Waals surface area (Å²) in [5.74, 6) is 0.00958. The van der Waals surface area contributed by atoms with Crippen molar-refractivity contribution in [3.63, 3.8) is 0 Å². The van der Waals surface area contributed by atoms with Crippen molar-refractivity contribution >= 4 is 11.6 Å². The highest BCUT2D eigenvalue weighted by atomic mass is 16.1. The second-order valence-corrected chi connectivity index (χ2v) is 4.93. The van der Waals surface area contributed by atoms with E-state index in [1.807, 2.05) is 44.2 Å². The van der Waals surface area contributed by atoms with E-state index in [1.165, 1.54) is 6.20 Å². The van der Waals surface area contributed by atoms with Crippen molar-refractivity contribution in [1.29, 1.82) is 5.26 Å². The molecule has 2 N–H and O–H groups in total. The molecule has 0 unspecified atom stereocenters. The number of aryl methyl sites for hydroxylation is 1. The number of carbonyl (C=O) groups is 1. The van der Waals surface area contributed by atoms with E-state index in [0.29, 0.717) is 12.5 Å². The summed E-state index contributed by atoms with van der Waals surface area (Å²) in [7, 11) is 0. The predicted molar refractivity (Wildman–Crippen MR) is 81.0 cm³/mol. The third kappa shape index (κ3) is 4.77. The molecule has 0 aliphatic carbocycles. The minimum absolute atomic E-state index is 0.0801. The number of benzene rings is 1. The van der Waals surface area contributed by atoms with E-state index in [2.05, 4.69) is 17.6 Å². The van der Waals surface area contributed by atoms with Gasteiger partial charge in [-0.3, -0.25) is 4.79 Å². The van der Waals surface area contributed by atoms with Gasteiger partial charge < -0.3 is 10.6 Å². The molecular formula is C16H21N3O. The second-order valence-electron chi connectivity index (χ2n) is 4.93. The Morgan fingerprint density at radius 1 is 1.40 bits per heavy atom.